The Morgan fingerprint density at radius 1 is 1.26 bits per heavy atom. The third-order valence-electron chi connectivity index (χ3n) is 5.12. The zero-order chi connectivity index (χ0) is 22.8. The van der Waals surface area contributed by atoms with Gasteiger partial charge in [0, 0.05) is 13.6 Å². The predicted octanol–water partition coefficient (Wildman–Crippen LogP) is 1.96. The number of morpholine rings is 1. The first kappa shape index (κ1) is 23.9. The van der Waals surface area contributed by atoms with E-state index >= 15 is 0 Å². The standard InChI is InChI=1S/C22H26N2O4.CH2O2/c1-15-6-4-5-7-18(15)20-21(28-14-19(25)24(20)2)22(26)23-13-12-16-8-10-17(27-3)11-9-16;2-1-3/h4-11,20-21H,12-14H2,1-3H3,(H,23,26);1H,(H,2,3)/t20-,21+;/m1./s1. The second-order valence-electron chi connectivity index (χ2n) is 7.03. The SMILES string of the molecule is COc1ccc(CCNC(=O)[C@H]2OCC(=O)N(C)[C@@H]2c2ccccc2C)cc1.O=CO. The lowest BCUT2D eigenvalue weighted by Gasteiger charge is -2.38. The fraction of sp³-hybridized carbons (Fsp3) is 0.348. The fourth-order valence-electron chi connectivity index (χ4n) is 3.44. The van der Waals surface area contributed by atoms with Crippen LogP contribution in [0.15, 0.2) is 48.5 Å². The van der Waals surface area contributed by atoms with E-state index in [0.29, 0.717) is 13.0 Å². The summed E-state index contributed by atoms with van der Waals surface area (Å²) >= 11 is 0. The first-order valence-corrected chi connectivity index (χ1v) is 9.84. The number of carbonyl (C=O) groups is 3. The number of nitrogens with zero attached hydrogens (tertiary/aromatic N) is 1. The minimum Gasteiger partial charge on any atom is -0.497 e. The molecule has 0 radical (unpaired) electrons. The Balaban J connectivity index is 0.00000107. The van der Waals surface area contributed by atoms with Crippen molar-refractivity contribution in [2.75, 3.05) is 27.3 Å². The number of carboxylic acid groups (broad SMARTS) is 1. The van der Waals surface area contributed by atoms with E-state index in [-0.39, 0.29) is 24.9 Å². The lowest BCUT2D eigenvalue weighted by atomic mass is 9.94. The molecule has 2 aromatic carbocycles. The third-order valence-corrected chi connectivity index (χ3v) is 5.12. The zero-order valence-electron chi connectivity index (χ0n) is 17.9. The lowest BCUT2D eigenvalue weighted by Crippen LogP contribution is -2.53. The van der Waals surface area contributed by atoms with Crippen molar-refractivity contribution in [3.63, 3.8) is 0 Å². The van der Waals surface area contributed by atoms with E-state index in [1.165, 1.54) is 0 Å². The molecule has 2 aromatic rings. The lowest BCUT2D eigenvalue weighted by molar-refractivity contribution is -0.162. The molecule has 2 atom stereocenters. The zero-order valence-corrected chi connectivity index (χ0v) is 17.9. The number of ether oxygens (including phenoxy) is 2. The first-order chi connectivity index (χ1) is 14.9. The van der Waals surface area contributed by atoms with Crippen LogP contribution in [-0.4, -0.2) is 61.7 Å². The molecule has 31 heavy (non-hydrogen) atoms. The fourth-order valence-corrected chi connectivity index (χ4v) is 3.44. The van der Waals surface area contributed by atoms with E-state index in [1.807, 2.05) is 55.5 Å². The van der Waals surface area contributed by atoms with Crippen LogP contribution >= 0.6 is 0 Å². The molecule has 8 nitrogen and oxygen atoms in total. The number of hydrogen-bond donors (Lipinski definition) is 2. The Morgan fingerprint density at radius 2 is 1.90 bits per heavy atom. The predicted molar refractivity (Wildman–Crippen MR) is 115 cm³/mol. The van der Waals surface area contributed by atoms with Gasteiger partial charge in [0.25, 0.3) is 12.4 Å². The highest BCUT2D eigenvalue weighted by Gasteiger charge is 2.40. The van der Waals surface area contributed by atoms with Crippen molar-refractivity contribution >= 4 is 18.3 Å². The molecule has 1 aliphatic heterocycles. The average Bonchev–Trinajstić information content (AvgIpc) is 2.77. The Hall–Kier alpha value is -3.39. The molecule has 1 heterocycles. The second-order valence-corrected chi connectivity index (χ2v) is 7.03. The molecular formula is C23H28N2O6. The number of aryl methyl sites for hydroxylation is 1. The van der Waals surface area contributed by atoms with Gasteiger partial charge in [0.05, 0.1) is 13.2 Å². The minimum atomic E-state index is -0.736. The molecule has 0 saturated carbocycles. The van der Waals surface area contributed by atoms with Crippen LogP contribution in [0.4, 0.5) is 0 Å². The Kier molecular flexibility index (Phi) is 9.02. The van der Waals surface area contributed by atoms with Gasteiger partial charge in [0.2, 0.25) is 5.91 Å². The average molecular weight is 428 g/mol. The van der Waals surface area contributed by atoms with Crippen LogP contribution in [0.5, 0.6) is 5.75 Å². The summed E-state index contributed by atoms with van der Waals surface area (Å²) in [6.07, 6.45) is -0.0358. The van der Waals surface area contributed by atoms with Gasteiger partial charge >= 0.3 is 0 Å². The molecule has 2 amide bonds. The molecule has 8 heteroatoms. The van der Waals surface area contributed by atoms with Crippen molar-refractivity contribution in [3.05, 3.63) is 65.2 Å². The number of methoxy groups -OCH3 is 1. The highest BCUT2D eigenvalue weighted by atomic mass is 16.5. The van der Waals surface area contributed by atoms with Crippen molar-refractivity contribution in [1.29, 1.82) is 0 Å². The van der Waals surface area contributed by atoms with Crippen LogP contribution < -0.4 is 10.1 Å². The van der Waals surface area contributed by atoms with Crippen molar-refractivity contribution in [3.8, 4) is 5.75 Å². The summed E-state index contributed by atoms with van der Waals surface area (Å²) in [5, 5.41) is 9.84. The van der Waals surface area contributed by atoms with Crippen molar-refractivity contribution in [1.82, 2.24) is 10.2 Å². The number of rotatable bonds is 6. The van der Waals surface area contributed by atoms with E-state index in [9.17, 15) is 9.59 Å². The maximum Gasteiger partial charge on any atom is 0.290 e. The molecule has 0 aromatic heterocycles. The molecule has 2 N–H and O–H groups in total. The van der Waals surface area contributed by atoms with Gasteiger partial charge in [-0.15, -0.1) is 0 Å². The van der Waals surface area contributed by atoms with E-state index in [0.717, 1.165) is 22.4 Å². The van der Waals surface area contributed by atoms with Gasteiger partial charge < -0.3 is 24.8 Å². The molecule has 0 aliphatic carbocycles. The quantitative estimate of drug-likeness (QED) is 0.682. The number of nitrogens with one attached hydrogen (secondary N) is 1. The minimum absolute atomic E-state index is 0.0878. The maximum absolute atomic E-state index is 12.8. The molecule has 1 saturated heterocycles. The third kappa shape index (κ3) is 6.29. The van der Waals surface area contributed by atoms with Crippen LogP contribution in [0.2, 0.25) is 0 Å². The first-order valence-electron chi connectivity index (χ1n) is 9.84. The van der Waals surface area contributed by atoms with Gasteiger partial charge in [0.1, 0.15) is 12.4 Å². The van der Waals surface area contributed by atoms with Gasteiger partial charge in [-0.3, -0.25) is 14.4 Å². The van der Waals surface area contributed by atoms with Crippen molar-refractivity contribution in [2.24, 2.45) is 0 Å². The van der Waals surface area contributed by atoms with E-state index < -0.39 is 12.1 Å². The number of amides is 2. The van der Waals surface area contributed by atoms with E-state index in [4.69, 9.17) is 19.4 Å². The molecule has 3 rings (SSSR count). The summed E-state index contributed by atoms with van der Waals surface area (Å²) < 4.78 is 10.8. The number of benzene rings is 2. The van der Waals surface area contributed by atoms with Crippen LogP contribution in [0.1, 0.15) is 22.7 Å². The molecule has 0 bridgehead atoms. The van der Waals surface area contributed by atoms with Crippen molar-refractivity contribution < 1.29 is 29.0 Å². The molecule has 1 fully saturated rings. The van der Waals surface area contributed by atoms with Crippen LogP contribution in [0.3, 0.4) is 0 Å². The van der Waals surface area contributed by atoms with Crippen LogP contribution in [0.25, 0.3) is 0 Å². The molecular weight excluding hydrogens is 400 g/mol. The van der Waals surface area contributed by atoms with E-state index in [2.05, 4.69) is 5.32 Å². The summed E-state index contributed by atoms with van der Waals surface area (Å²) in [6.45, 7) is 2.12. The summed E-state index contributed by atoms with van der Waals surface area (Å²) in [5.41, 5.74) is 3.05. The Labute approximate surface area is 181 Å². The monoisotopic (exact) mass is 428 g/mol. The molecule has 166 valence electrons. The normalized spacial score (nSPS) is 17.9. The highest BCUT2D eigenvalue weighted by molar-refractivity contribution is 5.86. The number of likely N-dealkylation sites (N-methyl/N-ethyl adjacent to an activating group) is 1. The number of hydrogen-bond acceptors (Lipinski definition) is 5. The highest BCUT2D eigenvalue weighted by Crippen LogP contribution is 2.31. The number of carbonyl (C=O) groups excluding carboxylic acids is 2. The Morgan fingerprint density at radius 3 is 2.52 bits per heavy atom. The second kappa shape index (κ2) is 11.7. The maximum atomic E-state index is 12.8. The van der Waals surface area contributed by atoms with Crippen molar-refractivity contribution in [2.45, 2.75) is 25.5 Å². The topological polar surface area (TPSA) is 105 Å². The van der Waals surface area contributed by atoms with Gasteiger partial charge in [-0.2, -0.15) is 0 Å². The summed E-state index contributed by atoms with van der Waals surface area (Å²) in [6, 6.07) is 15.1. The molecule has 1 aliphatic rings. The van der Waals surface area contributed by atoms with Gasteiger partial charge in [-0.05, 0) is 42.2 Å². The van der Waals surface area contributed by atoms with Crippen LogP contribution in [0, 0.1) is 6.92 Å². The molecule has 0 spiro atoms. The smallest absolute Gasteiger partial charge is 0.290 e. The van der Waals surface area contributed by atoms with Gasteiger partial charge in [-0.25, -0.2) is 0 Å². The summed E-state index contributed by atoms with van der Waals surface area (Å²) in [7, 11) is 3.35. The van der Waals surface area contributed by atoms with Gasteiger partial charge in [0.15, 0.2) is 6.10 Å². The Bertz CT molecular complexity index is 884. The summed E-state index contributed by atoms with van der Waals surface area (Å²) in [5.74, 6) is 0.466. The van der Waals surface area contributed by atoms with Crippen LogP contribution in [-0.2, 0) is 25.5 Å². The van der Waals surface area contributed by atoms with E-state index in [1.54, 1.807) is 19.1 Å². The largest absolute Gasteiger partial charge is 0.497 e. The van der Waals surface area contributed by atoms with Gasteiger partial charge in [-0.1, -0.05) is 36.4 Å². The molecule has 0 unspecified atom stereocenters. The summed E-state index contributed by atoms with van der Waals surface area (Å²) in [4.78, 5) is 35.0.